The Kier molecular flexibility index (Phi) is 6.63. The Hall–Kier alpha value is -3.51. The number of nitrogens with zero attached hydrogens (tertiary/aromatic N) is 3. The second-order valence-corrected chi connectivity index (χ2v) is 10.2. The van der Waals surface area contributed by atoms with Crippen LogP contribution in [-0.2, 0) is 29.1 Å². The van der Waals surface area contributed by atoms with Gasteiger partial charge in [-0.2, -0.15) is 0 Å². The molecule has 8 nitrogen and oxygen atoms in total. The predicted octanol–water partition coefficient (Wildman–Crippen LogP) is 4.01. The van der Waals surface area contributed by atoms with Crippen molar-refractivity contribution in [3.05, 3.63) is 74.8 Å². The average Bonchev–Trinajstić information content (AvgIpc) is 3.49. The number of anilines is 1. The highest BCUT2D eigenvalue weighted by molar-refractivity contribution is 7.99. The second kappa shape index (κ2) is 9.86. The van der Waals surface area contributed by atoms with Crippen LogP contribution in [0.15, 0.2) is 51.0 Å². The van der Waals surface area contributed by atoms with Crippen molar-refractivity contribution >= 4 is 50.8 Å². The summed E-state index contributed by atoms with van der Waals surface area (Å²) in [5, 5.41) is 3.16. The molecule has 0 atom stereocenters. The van der Waals surface area contributed by atoms with Gasteiger partial charge in [-0.05, 0) is 36.2 Å². The lowest BCUT2D eigenvalue weighted by atomic mass is 10.1. The minimum Gasteiger partial charge on any atom is -0.467 e. The number of furan rings is 1. The summed E-state index contributed by atoms with van der Waals surface area (Å²) in [6.07, 6.45) is 2.06. The van der Waals surface area contributed by atoms with Gasteiger partial charge in [0.25, 0.3) is 5.56 Å². The van der Waals surface area contributed by atoms with E-state index in [2.05, 4.69) is 10.3 Å². The number of carbonyl (C=O) groups is 2. The van der Waals surface area contributed by atoms with Gasteiger partial charge in [-0.3, -0.25) is 19.0 Å². The third-order valence-electron chi connectivity index (χ3n) is 5.80. The van der Waals surface area contributed by atoms with Crippen molar-refractivity contribution in [1.82, 2.24) is 14.5 Å². The first kappa shape index (κ1) is 24.2. The Bertz CT molecular complexity index is 1530. The lowest BCUT2D eigenvalue weighted by Crippen LogP contribution is -2.34. The van der Waals surface area contributed by atoms with E-state index in [9.17, 15) is 23.2 Å². The standard InChI is InChI=1S/C24H20F2N4O4S2/c1-13(31)29-7-6-16-19(11-29)36-22-21(16)23(33)30(10-15-3-2-8-34-15)24(28-22)35-12-20(32)27-18-9-14(25)4-5-17(18)26/h2-5,8-9H,6-7,10-12H2,1H3,(H,27,32). The monoisotopic (exact) mass is 530 g/mol. The number of amides is 2. The van der Waals surface area contributed by atoms with Gasteiger partial charge in [0, 0.05) is 24.4 Å². The van der Waals surface area contributed by atoms with Crippen molar-refractivity contribution in [3.8, 4) is 0 Å². The fraction of sp³-hybridized carbons (Fsp3) is 0.250. The Balaban J connectivity index is 1.47. The molecule has 12 heteroatoms. The predicted molar refractivity (Wildman–Crippen MR) is 132 cm³/mol. The van der Waals surface area contributed by atoms with Crippen LogP contribution in [0.3, 0.4) is 0 Å². The molecular weight excluding hydrogens is 510 g/mol. The molecule has 1 aromatic carbocycles. The molecule has 0 saturated heterocycles. The van der Waals surface area contributed by atoms with Crippen LogP contribution in [0, 0.1) is 11.6 Å². The molecule has 0 saturated carbocycles. The first-order valence-electron chi connectivity index (χ1n) is 11.0. The molecule has 0 unspecified atom stereocenters. The van der Waals surface area contributed by atoms with Crippen LogP contribution in [-0.4, -0.2) is 38.6 Å². The summed E-state index contributed by atoms with van der Waals surface area (Å²) in [6.45, 7) is 2.58. The van der Waals surface area contributed by atoms with Crippen LogP contribution in [0.1, 0.15) is 23.1 Å². The number of benzene rings is 1. The fourth-order valence-electron chi connectivity index (χ4n) is 4.04. The van der Waals surface area contributed by atoms with E-state index in [1.54, 1.807) is 17.0 Å². The van der Waals surface area contributed by atoms with Crippen LogP contribution in [0.25, 0.3) is 10.2 Å². The highest BCUT2D eigenvalue weighted by Gasteiger charge is 2.26. The van der Waals surface area contributed by atoms with Crippen molar-refractivity contribution in [2.45, 2.75) is 31.6 Å². The van der Waals surface area contributed by atoms with E-state index in [1.807, 2.05) is 0 Å². The number of rotatable bonds is 6. The molecule has 1 aliphatic rings. The van der Waals surface area contributed by atoms with Gasteiger partial charge in [-0.25, -0.2) is 13.8 Å². The number of aromatic nitrogens is 2. The first-order chi connectivity index (χ1) is 17.3. The van der Waals surface area contributed by atoms with E-state index >= 15 is 0 Å². The number of nitrogens with one attached hydrogen (secondary N) is 1. The van der Waals surface area contributed by atoms with Crippen molar-refractivity contribution in [3.63, 3.8) is 0 Å². The van der Waals surface area contributed by atoms with Gasteiger partial charge in [0.2, 0.25) is 11.8 Å². The van der Waals surface area contributed by atoms with Gasteiger partial charge in [0.05, 0.1) is 36.2 Å². The van der Waals surface area contributed by atoms with Gasteiger partial charge >= 0.3 is 0 Å². The molecule has 2 amide bonds. The van der Waals surface area contributed by atoms with Crippen LogP contribution in [0.2, 0.25) is 0 Å². The molecule has 0 spiro atoms. The maximum absolute atomic E-state index is 13.9. The van der Waals surface area contributed by atoms with Crippen molar-refractivity contribution in [2.75, 3.05) is 17.6 Å². The van der Waals surface area contributed by atoms with E-state index in [-0.39, 0.29) is 29.5 Å². The van der Waals surface area contributed by atoms with Crippen molar-refractivity contribution in [2.24, 2.45) is 0 Å². The third-order valence-corrected chi connectivity index (χ3v) is 7.89. The Morgan fingerprint density at radius 1 is 1.28 bits per heavy atom. The quantitative estimate of drug-likeness (QED) is 0.299. The average molecular weight is 531 g/mol. The Morgan fingerprint density at radius 2 is 2.11 bits per heavy atom. The SMILES string of the molecule is CC(=O)N1CCc2c(sc3nc(SCC(=O)Nc4cc(F)ccc4F)n(Cc4ccco4)c(=O)c23)C1. The number of thioether (sulfide) groups is 1. The summed E-state index contributed by atoms with van der Waals surface area (Å²) in [5.41, 5.74) is 0.372. The summed E-state index contributed by atoms with van der Waals surface area (Å²) in [4.78, 5) is 45.9. The van der Waals surface area contributed by atoms with Gasteiger partial charge in [0.1, 0.15) is 22.2 Å². The Labute approximate surface area is 211 Å². The number of thiophene rings is 1. The third kappa shape index (κ3) is 4.78. The highest BCUT2D eigenvalue weighted by Crippen LogP contribution is 2.34. The smallest absolute Gasteiger partial charge is 0.263 e. The molecule has 3 aromatic heterocycles. The first-order valence-corrected chi connectivity index (χ1v) is 12.8. The maximum atomic E-state index is 13.9. The van der Waals surface area contributed by atoms with Crippen LogP contribution in [0.5, 0.6) is 0 Å². The molecular formula is C24H20F2N4O4S2. The molecule has 0 fully saturated rings. The molecule has 1 N–H and O–H groups in total. The lowest BCUT2D eigenvalue weighted by molar-refractivity contribution is -0.129. The number of halogens is 2. The zero-order valence-corrected chi connectivity index (χ0v) is 20.7. The Morgan fingerprint density at radius 3 is 2.86 bits per heavy atom. The minimum absolute atomic E-state index is 0.0294. The zero-order chi connectivity index (χ0) is 25.4. The molecule has 186 valence electrons. The van der Waals surface area contributed by atoms with E-state index in [0.717, 1.165) is 40.4 Å². The number of hydrogen-bond acceptors (Lipinski definition) is 7. The fourth-order valence-corrected chi connectivity index (χ4v) is 6.12. The second-order valence-electron chi connectivity index (χ2n) is 8.20. The largest absolute Gasteiger partial charge is 0.467 e. The molecule has 4 aromatic rings. The van der Waals surface area contributed by atoms with Crippen LogP contribution in [0.4, 0.5) is 14.5 Å². The summed E-state index contributed by atoms with van der Waals surface area (Å²) in [5.74, 6) is -1.69. The van der Waals surface area contributed by atoms with E-state index in [4.69, 9.17) is 4.42 Å². The molecule has 0 radical (unpaired) electrons. The van der Waals surface area contributed by atoms with Gasteiger partial charge < -0.3 is 14.6 Å². The van der Waals surface area contributed by atoms with Gasteiger partial charge in [-0.1, -0.05) is 11.8 Å². The summed E-state index contributed by atoms with van der Waals surface area (Å²) >= 11 is 2.37. The zero-order valence-electron chi connectivity index (χ0n) is 19.0. The topological polar surface area (TPSA) is 97.4 Å². The number of hydrogen-bond donors (Lipinski definition) is 1. The number of fused-ring (bicyclic) bond motifs is 3. The van der Waals surface area contributed by atoms with Crippen LogP contribution < -0.4 is 10.9 Å². The highest BCUT2D eigenvalue weighted by atomic mass is 32.2. The lowest BCUT2D eigenvalue weighted by Gasteiger charge is -2.25. The maximum Gasteiger partial charge on any atom is 0.263 e. The van der Waals surface area contributed by atoms with Crippen molar-refractivity contribution < 1.29 is 22.8 Å². The molecule has 0 bridgehead atoms. The van der Waals surface area contributed by atoms with E-state index in [0.29, 0.717) is 40.6 Å². The van der Waals surface area contributed by atoms with Crippen molar-refractivity contribution in [1.29, 1.82) is 0 Å². The summed E-state index contributed by atoms with van der Waals surface area (Å²) in [7, 11) is 0. The van der Waals surface area contributed by atoms with Gasteiger partial charge in [0.15, 0.2) is 5.16 Å². The van der Waals surface area contributed by atoms with E-state index in [1.165, 1.54) is 29.1 Å². The summed E-state index contributed by atoms with van der Waals surface area (Å²) < 4.78 is 34.2. The summed E-state index contributed by atoms with van der Waals surface area (Å²) in [6, 6.07) is 6.24. The molecule has 5 rings (SSSR count). The normalized spacial score (nSPS) is 13.1. The van der Waals surface area contributed by atoms with E-state index < -0.39 is 17.5 Å². The molecule has 36 heavy (non-hydrogen) atoms. The molecule has 1 aliphatic heterocycles. The molecule has 0 aliphatic carbocycles. The molecule has 4 heterocycles. The van der Waals surface area contributed by atoms with Gasteiger partial charge in [-0.15, -0.1) is 11.3 Å². The number of carbonyl (C=O) groups excluding carboxylic acids is 2. The van der Waals surface area contributed by atoms with Crippen LogP contribution >= 0.6 is 23.1 Å². The minimum atomic E-state index is -0.757.